The molecule has 6 heteroatoms. The second-order valence-electron chi connectivity index (χ2n) is 5.57. The summed E-state index contributed by atoms with van der Waals surface area (Å²) >= 11 is 6.00. The average Bonchev–Trinajstić information content (AvgIpc) is 2.62. The van der Waals surface area contributed by atoms with Gasteiger partial charge in [0.1, 0.15) is 24.8 Å². The molecular weight excluding hydrogens is 350 g/mol. The Hall–Kier alpha value is -2.53. The predicted molar refractivity (Wildman–Crippen MR) is 107 cm³/mol. The Kier molecular flexibility index (Phi) is 7.48. The van der Waals surface area contributed by atoms with Gasteiger partial charge in [-0.1, -0.05) is 41.0 Å². The van der Waals surface area contributed by atoms with Crippen LogP contribution in [0.15, 0.2) is 52.6 Å². The molecule has 0 aliphatic carbocycles. The van der Waals surface area contributed by atoms with Crippen LogP contribution < -0.4 is 10.5 Å². The van der Waals surface area contributed by atoms with Gasteiger partial charge in [0, 0.05) is 17.1 Å². The number of hydrogen-bond acceptors (Lipinski definition) is 4. The zero-order valence-corrected chi connectivity index (χ0v) is 16.1. The van der Waals surface area contributed by atoms with Gasteiger partial charge in [0.25, 0.3) is 0 Å². The number of aliphatic imine (C=N–C) groups is 1. The maximum Gasteiger partial charge on any atom is 0.152 e. The van der Waals surface area contributed by atoms with Crippen LogP contribution in [0, 0.1) is 6.92 Å². The molecule has 0 aromatic heterocycles. The third-order valence-electron chi connectivity index (χ3n) is 3.65. The smallest absolute Gasteiger partial charge is 0.152 e. The molecule has 2 N–H and O–H groups in total. The van der Waals surface area contributed by atoms with Crippen molar-refractivity contribution in [3.05, 3.63) is 64.2 Å². The molecule has 0 amide bonds. The minimum Gasteiger partial charge on any atom is -0.489 e. The summed E-state index contributed by atoms with van der Waals surface area (Å²) in [5.41, 5.74) is 9.37. The highest BCUT2D eigenvalue weighted by atomic mass is 35.5. The fourth-order valence-electron chi connectivity index (χ4n) is 2.42. The maximum atomic E-state index is 6.10. The monoisotopic (exact) mass is 373 g/mol. The molecule has 0 atom stereocenters. The summed E-state index contributed by atoms with van der Waals surface area (Å²) in [7, 11) is 0. The third kappa shape index (κ3) is 5.23. The normalized spacial score (nSPS) is 12.2. The van der Waals surface area contributed by atoms with E-state index in [9.17, 15) is 0 Å². The largest absolute Gasteiger partial charge is 0.489 e. The SMILES string of the molecule is CCN=C(N)C(=NOCC)c1ccccc1COc1ccc(Cl)cc1C. The molecule has 138 valence electrons. The summed E-state index contributed by atoms with van der Waals surface area (Å²) in [6.45, 7) is 7.13. The van der Waals surface area contributed by atoms with E-state index in [0.29, 0.717) is 36.3 Å². The van der Waals surface area contributed by atoms with E-state index in [2.05, 4.69) is 10.1 Å². The summed E-state index contributed by atoms with van der Waals surface area (Å²) in [4.78, 5) is 9.50. The van der Waals surface area contributed by atoms with Crippen LogP contribution in [-0.2, 0) is 11.4 Å². The third-order valence-corrected chi connectivity index (χ3v) is 3.88. The van der Waals surface area contributed by atoms with Gasteiger partial charge in [-0.3, -0.25) is 4.99 Å². The van der Waals surface area contributed by atoms with Crippen molar-refractivity contribution in [2.75, 3.05) is 13.2 Å². The van der Waals surface area contributed by atoms with E-state index in [0.717, 1.165) is 22.4 Å². The molecule has 0 aliphatic rings. The van der Waals surface area contributed by atoms with Crippen LogP contribution in [0.5, 0.6) is 5.75 Å². The van der Waals surface area contributed by atoms with Crippen LogP contribution in [0.1, 0.15) is 30.5 Å². The van der Waals surface area contributed by atoms with Gasteiger partial charge >= 0.3 is 0 Å². The highest BCUT2D eigenvalue weighted by Gasteiger charge is 2.15. The highest BCUT2D eigenvalue weighted by Crippen LogP contribution is 2.23. The molecule has 2 aromatic rings. The topological polar surface area (TPSA) is 69.2 Å². The first-order valence-electron chi connectivity index (χ1n) is 8.54. The zero-order valence-electron chi connectivity index (χ0n) is 15.3. The van der Waals surface area contributed by atoms with Gasteiger partial charge in [-0.15, -0.1) is 0 Å². The zero-order chi connectivity index (χ0) is 18.9. The lowest BCUT2D eigenvalue weighted by Crippen LogP contribution is -2.27. The molecule has 0 saturated carbocycles. The number of ether oxygens (including phenoxy) is 1. The first-order valence-corrected chi connectivity index (χ1v) is 8.92. The van der Waals surface area contributed by atoms with Gasteiger partial charge in [0.15, 0.2) is 5.71 Å². The van der Waals surface area contributed by atoms with E-state index >= 15 is 0 Å². The van der Waals surface area contributed by atoms with Crippen LogP contribution in [0.4, 0.5) is 0 Å². The van der Waals surface area contributed by atoms with E-state index in [1.165, 1.54) is 0 Å². The molecule has 5 nitrogen and oxygen atoms in total. The molecule has 0 aliphatic heterocycles. The lowest BCUT2D eigenvalue weighted by molar-refractivity contribution is 0.159. The van der Waals surface area contributed by atoms with Crippen molar-refractivity contribution in [1.82, 2.24) is 0 Å². The van der Waals surface area contributed by atoms with Crippen molar-refractivity contribution in [3.63, 3.8) is 0 Å². The summed E-state index contributed by atoms with van der Waals surface area (Å²) in [5.74, 6) is 1.12. The number of oxime groups is 1. The van der Waals surface area contributed by atoms with Crippen LogP contribution >= 0.6 is 11.6 Å². The number of rotatable bonds is 8. The number of halogens is 1. The Morgan fingerprint density at radius 3 is 2.62 bits per heavy atom. The van der Waals surface area contributed by atoms with Crippen LogP contribution in [-0.4, -0.2) is 24.7 Å². The molecule has 2 aromatic carbocycles. The number of nitrogens with two attached hydrogens (primary N) is 1. The first kappa shape index (κ1) is 19.8. The Labute approximate surface area is 159 Å². The molecule has 0 bridgehead atoms. The summed E-state index contributed by atoms with van der Waals surface area (Å²) in [6, 6.07) is 13.3. The highest BCUT2D eigenvalue weighted by molar-refractivity contribution is 6.47. The van der Waals surface area contributed by atoms with Gasteiger partial charge < -0.3 is 15.3 Å². The Morgan fingerprint density at radius 1 is 1.15 bits per heavy atom. The molecule has 0 heterocycles. The second-order valence-corrected chi connectivity index (χ2v) is 6.01. The van der Waals surface area contributed by atoms with E-state index < -0.39 is 0 Å². The van der Waals surface area contributed by atoms with Gasteiger partial charge in [-0.05, 0) is 50.1 Å². The summed E-state index contributed by atoms with van der Waals surface area (Å²) in [6.07, 6.45) is 0. The standard InChI is InChI=1S/C20H24ClN3O2/c1-4-23-20(22)19(24-26-5-2)17-9-7-6-8-15(17)13-25-18-11-10-16(21)12-14(18)3/h6-12H,4-5,13H2,1-3H3,(H2,22,23). The molecule has 26 heavy (non-hydrogen) atoms. The minimum atomic E-state index is 0.344. The number of hydrogen-bond donors (Lipinski definition) is 1. The van der Waals surface area contributed by atoms with Crippen LogP contribution in [0.2, 0.25) is 5.02 Å². The molecule has 0 unspecified atom stereocenters. The Bertz CT molecular complexity index is 803. The van der Waals surface area contributed by atoms with Crippen LogP contribution in [0.25, 0.3) is 0 Å². The fourth-order valence-corrected chi connectivity index (χ4v) is 2.64. The molecule has 0 fully saturated rings. The number of amidine groups is 1. The van der Waals surface area contributed by atoms with Crippen molar-refractivity contribution in [2.45, 2.75) is 27.4 Å². The second kappa shape index (κ2) is 9.82. The van der Waals surface area contributed by atoms with E-state index in [-0.39, 0.29) is 0 Å². The van der Waals surface area contributed by atoms with E-state index in [1.807, 2.05) is 63.2 Å². The van der Waals surface area contributed by atoms with Crippen molar-refractivity contribution in [3.8, 4) is 5.75 Å². The van der Waals surface area contributed by atoms with Gasteiger partial charge in [0.05, 0.1) is 0 Å². The minimum absolute atomic E-state index is 0.344. The first-order chi connectivity index (χ1) is 12.6. The molecule has 2 rings (SSSR count). The predicted octanol–water partition coefficient (Wildman–Crippen LogP) is 4.35. The van der Waals surface area contributed by atoms with E-state index in [4.69, 9.17) is 26.9 Å². The maximum absolute atomic E-state index is 6.10. The van der Waals surface area contributed by atoms with Crippen molar-refractivity contribution < 1.29 is 9.57 Å². The molecule has 0 spiro atoms. The van der Waals surface area contributed by atoms with Gasteiger partial charge in [-0.25, -0.2) is 0 Å². The van der Waals surface area contributed by atoms with Crippen LogP contribution in [0.3, 0.4) is 0 Å². The van der Waals surface area contributed by atoms with Gasteiger partial charge in [-0.2, -0.15) is 0 Å². The molecule has 0 radical (unpaired) electrons. The lowest BCUT2D eigenvalue weighted by atomic mass is 10.0. The Morgan fingerprint density at radius 2 is 1.92 bits per heavy atom. The average molecular weight is 374 g/mol. The number of benzene rings is 2. The van der Waals surface area contributed by atoms with E-state index in [1.54, 1.807) is 0 Å². The molecular formula is C20H24ClN3O2. The molecule has 0 saturated heterocycles. The van der Waals surface area contributed by atoms with Crippen molar-refractivity contribution in [1.29, 1.82) is 0 Å². The van der Waals surface area contributed by atoms with Crippen molar-refractivity contribution >= 4 is 23.1 Å². The number of aryl methyl sites for hydroxylation is 1. The number of nitrogens with zero attached hydrogens (tertiary/aromatic N) is 2. The fraction of sp³-hybridized carbons (Fsp3) is 0.300. The van der Waals surface area contributed by atoms with Gasteiger partial charge in [0.2, 0.25) is 0 Å². The quantitative estimate of drug-likeness (QED) is 0.425. The summed E-state index contributed by atoms with van der Waals surface area (Å²) in [5, 5.41) is 4.85. The van der Waals surface area contributed by atoms with Crippen molar-refractivity contribution in [2.24, 2.45) is 15.9 Å². The Balaban J connectivity index is 2.31. The summed E-state index contributed by atoms with van der Waals surface area (Å²) < 4.78 is 5.98. The lowest BCUT2D eigenvalue weighted by Gasteiger charge is -2.14.